The molecule has 5 heteroatoms. The average molecular weight is 282 g/mol. The maximum atomic E-state index is 4.39. The molecule has 0 bridgehead atoms. The molecule has 20 heavy (non-hydrogen) atoms. The number of aromatic nitrogens is 3. The molecule has 1 aromatic carbocycles. The highest BCUT2D eigenvalue weighted by Gasteiger charge is 2.04. The zero-order valence-electron chi connectivity index (χ0n) is 11.1. The summed E-state index contributed by atoms with van der Waals surface area (Å²) in [5, 5.41) is 5.16. The number of rotatable bonds is 4. The van der Waals surface area contributed by atoms with Crippen molar-refractivity contribution in [2.24, 2.45) is 0 Å². The molecule has 0 atom stereocenters. The van der Waals surface area contributed by atoms with Gasteiger partial charge in [0.1, 0.15) is 17.2 Å². The second kappa shape index (κ2) is 5.88. The van der Waals surface area contributed by atoms with Crippen LogP contribution in [0.4, 0.5) is 5.82 Å². The second-order valence-electron chi connectivity index (χ2n) is 4.28. The summed E-state index contributed by atoms with van der Waals surface area (Å²) in [6.45, 7) is 0. The van der Waals surface area contributed by atoms with Crippen LogP contribution in [0.15, 0.2) is 53.9 Å². The molecule has 2 aromatic heterocycles. The van der Waals surface area contributed by atoms with Crippen LogP contribution in [-0.4, -0.2) is 22.0 Å². The first-order valence-corrected chi connectivity index (χ1v) is 7.30. The maximum Gasteiger partial charge on any atom is 0.125 e. The molecule has 0 unspecified atom stereocenters. The van der Waals surface area contributed by atoms with Crippen LogP contribution in [0.25, 0.3) is 10.9 Å². The van der Waals surface area contributed by atoms with E-state index in [-0.39, 0.29) is 0 Å². The predicted molar refractivity (Wildman–Crippen MR) is 82.9 cm³/mol. The fourth-order valence-corrected chi connectivity index (χ4v) is 2.88. The lowest BCUT2D eigenvalue weighted by atomic mass is 10.2. The third-order valence-electron chi connectivity index (χ3n) is 2.96. The fraction of sp³-hybridized carbons (Fsp3) is 0.133. The number of pyridine rings is 1. The number of nitrogens with zero attached hydrogens (tertiary/aromatic N) is 3. The van der Waals surface area contributed by atoms with Gasteiger partial charge in [-0.05, 0) is 23.8 Å². The van der Waals surface area contributed by atoms with Crippen LogP contribution in [0.1, 0.15) is 5.56 Å². The van der Waals surface area contributed by atoms with Gasteiger partial charge in [-0.15, -0.1) is 11.8 Å². The standard InChI is InChI=1S/C15H14N4S/c1-16-14-8-11(6-7-17-14)9-20-15-12-4-2-3-5-13(12)18-10-19-15/h2-8,10H,9H2,1H3,(H,16,17). The molecular formula is C15H14N4S. The van der Waals surface area contributed by atoms with Gasteiger partial charge in [-0.1, -0.05) is 18.2 Å². The molecule has 0 fully saturated rings. The molecule has 0 radical (unpaired) electrons. The molecule has 0 saturated carbocycles. The number of hydrogen-bond donors (Lipinski definition) is 1. The summed E-state index contributed by atoms with van der Waals surface area (Å²) in [4.78, 5) is 12.9. The van der Waals surface area contributed by atoms with E-state index in [1.54, 1.807) is 18.1 Å². The smallest absolute Gasteiger partial charge is 0.125 e. The first-order valence-electron chi connectivity index (χ1n) is 6.32. The summed E-state index contributed by atoms with van der Waals surface area (Å²) in [7, 11) is 1.87. The molecule has 0 amide bonds. The van der Waals surface area contributed by atoms with E-state index in [0.29, 0.717) is 0 Å². The largest absolute Gasteiger partial charge is 0.373 e. The summed E-state index contributed by atoms with van der Waals surface area (Å²) < 4.78 is 0. The van der Waals surface area contributed by atoms with Gasteiger partial charge in [0.2, 0.25) is 0 Å². The average Bonchev–Trinajstić information content (AvgIpc) is 2.53. The molecule has 0 spiro atoms. The first-order chi connectivity index (χ1) is 9.86. The van der Waals surface area contributed by atoms with E-state index in [9.17, 15) is 0 Å². The Morgan fingerprint density at radius 2 is 2.00 bits per heavy atom. The van der Waals surface area contributed by atoms with Crippen molar-refractivity contribution in [2.75, 3.05) is 12.4 Å². The van der Waals surface area contributed by atoms with Crippen LogP contribution in [0.3, 0.4) is 0 Å². The summed E-state index contributed by atoms with van der Waals surface area (Å²) in [6.07, 6.45) is 3.44. The normalized spacial score (nSPS) is 10.7. The lowest BCUT2D eigenvalue weighted by Crippen LogP contribution is -1.93. The van der Waals surface area contributed by atoms with Crippen molar-refractivity contribution in [3.63, 3.8) is 0 Å². The predicted octanol–water partition coefficient (Wildman–Crippen LogP) is 3.36. The van der Waals surface area contributed by atoms with Crippen molar-refractivity contribution >= 4 is 28.5 Å². The number of benzene rings is 1. The van der Waals surface area contributed by atoms with E-state index in [1.165, 1.54) is 5.56 Å². The van der Waals surface area contributed by atoms with E-state index >= 15 is 0 Å². The van der Waals surface area contributed by atoms with Crippen LogP contribution in [0.5, 0.6) is 0 Å². The third-order valence-corrected chi connectivity index (χ3v) is 4.04. The number of thioether (sulfide) groups is 1. The van der Waals surface area contributed by atoms with Crippen LogP contribution < -0.4 is 5.32 Å². The van der Waals surface area contributed by atoms with Crippen molar-refractivity contribution in [3.8, 4) is 0 Å². The van der Waals surface area contributed by atoms with Crippen LogP contribution in [0.2, 0.25) is 0 Å². The summed E-state index contributed by atoms with van der Waals surface area (Å²) >= 11 is 1.72. The second-order valence-corrected chi connectivity index (χ2v) is 5.25. The molecule has 0 aliphatic carbocycles. The van der Waals surface area contributed by atoms with E-state index in [1.807, 2.05) is 37.5 Å². The molecule has 4 nitrogen and oxygen atoms in total. The monoisotopic (exact) mass is 282 g/mol. The molecule has 0 aliphatic heterocycles. The van der Waals surface area contributed by atoms with Gasteiger partial charge in [0.15, 0.2) is 0 Å². The fourth-order valence-electron chi connectivity index (χ4n) is 1.95. The molecule has 3 rings (SSSR count). The van der Waals surface area contributed by atoms with Gasteiger partial charge in [-0.3, -0.25) is 0 Å². The van der Waals surface area contributed by atoms with Crippen molar-refractivity contribution in [1.29, 1.82) is 0 Å². The van der Waals surface area contributed by atoms with Crippen molar-refractivity contribution < 1.29 is 0 Å². The first kappa shape index (κ1) is 12.9. The zero-order chi connectivity index (χ0) is 13.8. The molecule has 2 heterocycles. The summed E-state index contributed by atoms with van der Waals surface area (Å²) in [5.74, 6) is 1.74. The Morgan fingerprint density at radius 1 is 1.10 bits per heavy atom. The lowest BCUT2D eigenvalue weighted by Gasteiger charge is -2.06. The van der Waals surface area contributed by atoms with Gasteiger partial charge in [-0.2, -0.15) is 0 Å². The number of hydrogen-bond acceptors (Lipinski definition) is 5. The Morgan fingerprint density at radius 3 is 2.90 bits per heavy atom. The highest BCUT2D eigenvalue weighted by atomic mass is 32.2. The molecular weight excluding hydrogens is 268 g/mol. The van der Waals surface area contributed by atoms with Crippen LogP contribution in [0, 0.1) is 0 Å². The minimum Gasteiger partial charge on any atom is -0.373 e. The number of anilines is 1. The van der Waals surface area contributed by atoms with Gasteiger partial charge in [0.25, 0.3) is 0 Å². The minimum atomic E-state index is 0.859. The Balaban J connectivity index is 1.83. The van der Waals surface area contributed by atoms with Gasteiger partial charge < -0.3 is 5.32 Å². The van der Waals surface area contributed by atoms with Gasteiger partial charge >= 0.3 is 0 Å². The number of fused-ring (bicyclic) bond motifs is 1. The maximum absolute atomic E-state index is 4.39. The van der Waals surface area contributed by atoms with Gasteiger partial charge in [-0.25, -0.2) is 15.0 Å². The van der Waals surface area contributed by atoms with E-state index in [2.05, 4.69) is 32.4 Å². The Bertz CT molecular complexity index is 724. The molecule has 0 aliphatic rings. The van der Waals surface area contributed by atoms with E-state index < -0.39 is 0 Å². The lowest BCUT2D eigenvalue weighted by molar-refractivity contribution is 1.10. The number of nitrogens with one attached hydrogen (secondary N) is 1. The quantitative estimate of drug-likeness (QED) is 0.587. The summed E-state index contributed by atoms with van der Waals surface area (Å²) in [6, 6.07) is 12.1. The van der Waals surface area contributed by atoms with Crippen LogP contribution >= 0.6 is 11.8 Å². The van der Waals surface area contributed by atoms with Crippen molar-refractivity contribution in [3.05, 3.63) is 54.5 Å². The Hall–Kier alpha value is -2.14. The zero-order valence-corrected chi connectivity index (χ0v) is 11.9. The molecule has 1 N–H and O–H groups in total. The Labute approximate surface area is 121 Å². The highest BCUT2D eigenvalue weighted by Crippen LogP contribution is 2.27. The Kier molecular flexibility index (Phi) is 3.78. The molecule has 100 valence electrons. The summed E-state index contributed by atoms with van der Waals surface area (Å²) in [5.41, 5.74) is 2.20. The third kappa shape index (κ3) is 2.72. The van der Waals surface area contributed by atoms with Crippen molar-refractivity contribution in [1.82, 2.24) is 15.0 Å². The van der Waals surface area contributed by atoms with Crippen molar-refractivity contribution in [2.45, 2.75) is 10.8 Å². The molecule has 0 saturated heterocycles. The van der Waals surface area contributed by atoms with Gasteiger partial charge in [0.05, 0.1) is 5.52 Å². The molecule has 3 aromatic rings. The number of para-hydroxylation sites is 1. The van der Waals surface area contributed by atoms with Crippen LogP contribution in [-0.2, 0) is 5.75 Å². The van der Waals surface area contributed by atoms with E-state index in [4.69, 9.17) is 0 Å². The topological polar surface area (TPSA) is 50.7 Å². The van der Waals surface area contributed by atoms with Gasteiger partial charge in [0, 0.05) is 24.4 Å². The highest BCUT2D eigenvalue weighted by molar-refractivity contribution is 7.98. The van der Waals surface area contributed by atoms with E-state index in [0.717, 1.165) is 27.5 Å². The minimum absolute atomic E-state index is 0.859. The SMILES string of the molecule is CNc1cc(CSc2ncnc3ccccc23)ccn1.